The monoisotopic (exact) mass is 250 g/mol. The average molecular weight is 250 g/mol. The first-order valence-electron chi connectivity index (χ1n) is 6.54. The lowest BCUT2D eigenvalue weighted by Gasteiger charge is -2.29. The largest absolute Gasteiger partial charge is 0.347 e. The van der Waals surface area contributed by atoms with Crippen LogP contribution in [0.25, 0.3) is 0 Å². The molecule has 0 saturated carbocycles. The van der Waals surface area contributed by atoms with E-state index >= 15 is 0 Å². The smallest absolute Gasteiger partial charge is 0.242 e. The van der Waals surface area contributed by atoms with Gasteiger partial charge >= 0.3 is 0 Å². The van der Waals surface area contributed by atoms with Crippen LogP contribution >= 0.6 is 0 Å². The first kappa shape index (κ1) is 13.1. The number of hydrogen-bond donors (Lipinski definition) is 1. The van der Waals surface area contributed by atoms with Crippen molar-refractivity contribution in [2.24, 2.45) is 0 Å². The summed E-state index contributed by atoms with van der Waals surface area (Å²) in [4.78, 5) is 17.6. The third-order valence-electron chi connectivity index (χ3n) is 3.52. The van der Waals surface area contributed by atoms with Crippen molar-refractivity contribution in [1.29, 1.82) is 0 Å². The summed E-state index contributed by atoms with van der Waals surface area (Å²) in [6, 6.07) is 0.864. The Hall–Kier alpha value is -1.36. The number of carbonyl (C=O) groups is 1. The minimum Gasteiger partial charge on any atom is -0.347 e. The van der Waals surface area contributed by atoms with E-state index in [1.807, 2.05) is 10.8 Å². The number of carbonyl (C=O) groups excluding carboxylic acids is 1. The predicted molar refractivity (Wildman–Crippen MR) is 70.1 cm³/mol. The van der Waals surface area contributed by atoms with E-state index in [1.165, 1.54) is 12.8 Å². The fraction of sp³-hybridized carbons (Fsp3) is 0.692. The Morgan fingerprint density at radius 2 is 2.33 bits per heavy atom. The van der Waals surface area contributed by atoms with E-state index in [2.05, 4.69) is 17.2 Å². The number of amides is 1. The quantitative estimate of drug-likeness (QED) is 0.876. The Bertz CT molecular complexity index is 413. The van der Waals surface area contributed by atoms with Gasteiger partial charge in [0, 0.05) is 32.4 Å². The van der Waals surface area contributed by atoms with Gasteiger partial charge in [-0.3, -0.25) is 4.79 Å². The molecule has 0 radical (unpaired) electrons. The van der Waals surface area contributed by atoms with Gasteiger partial charge in [0.05, 0.1) is 12.0 Å². The zero-order chi connectivity index (χ0) is 13.1. The lowest BCUT2D eigenvalue weighted by Crippen LogP contribution is -2.36. The Labute approximate surface area is 108 Å². The third-order valence-corrected chi connectivity index (χ3v) is 3.52. The maximum atomic E-state index is 11.8. The highest BCUT2D eigenvalue weighted by Crippen LogP contribution is 2.25. The van der Waals surface area contributed by atoms with Crippen LogP contribution in [-0.2, 0) is 11.3 Å². The average Bonchev–Trinajstić information content (AvgIpc) is 2.77. The summed E-state index contributed by atoms with van der Waals surface area (Å²) in [6.45, 7) is 2.58. The maximum Gasteiger partial charge on any atom is 0.242 e. The van der Waals surface area contributed by atoms with Crippen LogP contribution in [0.2, 0.25) is 0 Å². The highest BCUT2D eigenvalue weighted by molar-refractivity contribution is 5.75. The van der Waals surface area contributed by atoms with E-state index in [0.717, 1.165) is 12.1 Å². The lowest BCUT2D eigenvalue weighted by atomic mass is 9.97. The molecule has 1 aromatic rings. The number of nitrogens with one attached hydrogen (secondary N) is 1. The molecule has 1 aliphatic rings. The highest BCUT2D eigenvalue weighted by Gasteiger charge is 2.22. The fourth-order valence-electron chi connectivity index (χ4n) is 2.41. The molecule has 5 heteroatoms. The minimum atomic E-state index is 0.0955. The standard InChI is InChI=1S/C13H22N4O/c1-10-5-4-6-11(15-10)12-7-14-9-17(12)8-13(18)16(2)3/h7,9-11,15H,4-6,8H2,1-3H3. The summed E-state index contributed by atoms with van der Waals surface area (Å²) in [7, 11) is 3.56. The second-order valence-electron chi connectivity index (χ2n) is 5.29. The van der Waals surface area contributed by atoms with Crippen molar-refractivity contribution in [1.82, 2.24) is 19.8 Å². The topological polar surface area (TPSA) is 50.2 Å². The van der Waals surface area contributed by atoms with Gasteiger partial charge in [0.25, 0.3) is 0 Å². The number of rotatable bonds is 3. The molecule has 0 aromatic carbocycles. The summed E-state index contributed by atoms with van der Waals surface area (Å²) in [5.74, 6) is 0.0955. The number of nitrogens with zero attached hydrogens (tertiary/aromatic N) is 3. The molecule has 18 heavy (non-hydrogen) atoms. The molecule has 0 aliphatic carbocycles. The first-order valence-corrected chi connectivity index (χ1v) is 6.54. The number of hydrogen-bond acceptors (Lipinski definition) is 3. The summed E-state index contributed by atoms with van der Waals surface area (Å²) >= 11 is 0. The Morgan fingerprint density at radius 3 is 3.00 bits per heavy atom. The van der Waals surface area contributed by atoms with Crippen molar-refractivity contribution >= 4 is 5.91 Å². The van der Waals surface area contributed by atoms with E-state index in [0.29, 0.717) is 18.6 Å². The molecule has 1 aromatic heterocycles. The van der Waals surface area contributed by atoms with Crippen molar-refractivity contribution < 1.29 is 4.79 Å². The summed E-state index contributed by atoms with van der Waals surface area (Å²) in [5, 5.41) is 3.58. The Balaban J connectivity index is 2.09. The van der Waals surface area contributed by atoms with Gasteiger partial charge in [-0.1, -0.05) is 0 Å². The van der Waals surface area contributed by atoms with E-state index < -0.39 is 0 Å². The molecule has 2 atom stereocenters. The van der Waals surface area contributed by atoms with E-state index in [-0.39, 0.29) is 5.91 Å². The van der Waals surface area contributed by atoms with Crippen molar-refractivity contribution in [3.8, 4) is 0 Å². The van der Waals surface area contributed by atoms with Gasteiger partial charge in [-0.15, -0.1) is 0 Å². The van der Waals surface area contributed by atoms with Crippen molar-refractivity contribution in [2.45, 2.75) is 44.8 Å². The second-order valence-corrected chi connectivity index (χ2v) is 5.29. The van der Waals surface area contributed by atoms with Crippen LogP contribution in [0.4, 0.5) is 0 Å². The van der Waals surface area contributed by atoms with Crippen LogP contribution in [-0.4, -0.2) is 40.5 Å². The normalized spacial score (nSPS) is 23.9. The Kier molecular flexibility index (Phi) is 4.01. The fourth-order valence-corrected chi connectivity index (χ4v) is 2.41. The van der Waals surface area contributed by atoms with Crippen molar-refractivity contribution in [3.63, 3.8) is 0 Å². The Morgan fingerprint density at radius 1 is 1.56 bits per heavy atom. The zero-order valence-corrected chi connectivity index (χ0v) is 11.4. The molecule has 1 aliphatic heterocycles. The summed E-state index contributed by atoms with van der Waals surface area (Å²) in [5.41, 5.74) is 1.12. The zero-order valence-electron chi connectivity index (χ0n) is 11.4. The molecule has 1 N–H and O–H groups in total. The third kappa shape index (κ3) is 2.90. The number of likely N-dealkylation sites (N-methyl/N-ethyl adjacent to an activating group) is 1. The number of piperidine rings is 1. The first-order chi connectivity index (χ1) is 8.58. The molecule has 1 saturated heterocycles. The van der Waals surface area contributed by atoms with Crippen LogP contribution < -0.4 is 5.32 Å². The van der Waals surface area contributed by atoms with Gasteiger partial charge in [0.15, 0.2) is 0 Å². The molecule has 2 unspecified atom stereocenters. The molecule has 1 fully saturated rings. The van der Waals surface area contributed by atoms with E-state index in [9.17, 15) is 4.79 Å². The maximum absolute atomic E-state index is 11.8. The van der Waals surface area contributed by atoms with Crippen molar-refractivity contribution in [2.75, 3.05) is 14.1 Å². The van der Waals surface area contributed by atoms with Gasteiger partial charge in [-0.25, -0.2) is 4.98 Å². The van der Waals surface area contributed by atoms with E-state index in [4.69, 9.17) is 0 Å². The van der Waals surface area contributed by atoms with Crippen LogP contribution in [0.5, 0.6) is 0 Å². The van der Waals surface area contributed by atoms with Crippen LogP contribution in [0.3, 0.4) is 0 Å². The molecule has 0 spiro atoms. The van der Waals surface area contributed by atoms with Gasteiger partial charge in [-0.2, -0.15) is 0 Å². The number of imidazole rings is 1. The predicted octanol–water partition coefficient (Wildman–Crippen LogP) is 1.17. The minimum absolute atomic E-state index is 0.0955. The lowest BCUT2D eigenvalue weighted by molar-refractivity contribution is -0.129. The number of aromatic nitrogens is 2. The molecular weight excluding hydrogens is 228 g/mol. The molecule has 0 bridgehead atoms. The molecule has 2 heterocycles. The molecule has 2 rings (SSSR count). The van der Waals surface area contributed by atoms with Gasteiger partial charge in [0.1, 0.15) is 6.54 Å². The van der Waals surface area contributed by atoms with Gasteiger partial charge in [0.2, 0.25) is 5.91 Å². The highest BCUT2D eigenvalue weighted by atomic mass is 16.2. The second kappa shape index (κ2) is 5.52. The van der Waals surface area contributed by atoms with E-state index in [1.54, 1.807) is 25.3 Å². The summed E-state index contributed by atoms with van der Waals surface area (Å²) < 4.78 is 1.96. The molecule has 5 nitrogen and oxygen atoms in total. The van der Waals surface area contributed by atoms with Crippen LogP contribution in [0.15, 0.2) is 12.5 Å². The van der Waals surface area contributed by atoms with Crippen LogP contribution in [0, 0.1) is 0 Å². The summed E-state index contributed by atoms with van der Waals surface area (Å²) in [6.07, 6.45) is 7.19. The van der Waals surface area contributed by atoms with Gasteiger partial charge < -0.3 is 14.8 Å². The SMILES string of the molecule is CC1CCCC(c2cncn2CC(=O)N(C)C)N1. The molecule has 100 valence electrons. The van der Waals surface area contributed by atoms with Crippen molar-refractivity contribution in [3.05, 3.63) is 18.2 Å². The molecule has 1 amide bonds. The van der Waals surface area contributed by atoms with Crippen LogP contribution in [0.1, 0.15) is 37.9 Å². The molecular formula is C13H22N4O. The van der Waals surface area contributed by atoms with Gasteiger partial charge in [-0.05, 0) is 26.2 Å².